The SMILES string of the molecule is Cc1cc(C(=O)O)ccc1NCc1cn(C)nc1C. The summed E-state index contributed by atoms with van der Waals surface area (Å²) in [7, 11) is 1.89. The molecule has 5 heteroatoms. The Morgan fingerprint density at radius 3 is 2.68 bits per heavy atom. The van der Waals surface area contributed by atoms with Crippen LogP contribution in [0.4, 0.5) is 5.69 Å². The van der Waals surface area contributed by atoms with Crippen molar-refractivity contribution >= 4 is 11.7 Å². The summed E-state index contributed by atoms with van der Waals surface area (Å²) in [4.78, 5) is 10.9. The number of nitrogens with zero attached hydrogens (tertiary/aromatic N) is 2. The Labute approximate surface area is 111 Å². The third kappa shape index (κ3) is 2.93. The molecule has 2 N–H and O–H groups in total. The highest BCUT2D eigenvalue weighted by atomic mass is 16.4. The molecule has 19 heavy (non-hydrogen) atoms. The Balaban J connectivity index is 2.12. The molecule has 0 saturated heterocycles. The van der Waals surface area contributed by atoms with E-state index in [0.717, 1.165) is 22.5 Å². The summed E-state index contributed by atoms with van der Waals surface area (Å²) < 4.78 is 1.78. The predicted octanol–water partition coefficient (Wildman–Crippen LogP) is 2.35. The predicted molar refractivity (Wildman–Crippen MR) is 73.4 cm³/mol. The molecule has 1 heterocycles. The van der Waals surface area contributed by atoms with Gasteiger partial charge < -0.3 is 10.4 Å². The van der Waals surface area contributed by atoms with Crippen LogP contribution in [0, 0.1) is 13.8 Å². The molecule has 1 aromatic heterocycles. The van der Waals surface area contributed by atoms with Crippen molar-refractivity contribution in [2.75, 3.05) is 5.32 Å². The number of aromatic nitrogens is 2. The van der Waals surface area contributed by atoms with E-state index in [-0.39, 0.29) is 0 Å². The normalized spacial score (nSPS) is 10.5. The molecular formula is C14H17N3O2. The second-order valence-corrected chi connectivity index (χ2v) is 4.60. The number of carbonyl (C=O) groups is 1. The van der Waals surface area contributed by atoms with Crippen molar-refractivity contribution in [1.29, 1.82) is 0 Å². The monoisotopic (exact) mass is 259 g/mol. The lowest BCUT2D eigenvalue weighted by atomic mass is 10.1. The fourth-order valence-electron chi connectivity index (χ4n) is 2.01. The van der Waals surface area contributed by atoms with E-state index in [9.17, 15) is 4.79 Å². The van der Waals surface area contributed by atoms with E-state index in [0.29, 0.717) is 12.1 Å². The highest BCUT2D eigenvalue weighted by Crippen LogP contribution is 2.18. The Kier molecular flexibility index (Phi) is 3.55. The van der Waals surface area contributed by atoms with Crippen molar-refractivity contribution in [2.24, 2.45) is 7.05 Å². The quantitative estimate of drug-likeness (QED) is 0.884. The van der Waals surface area contributed by atoms with Crippen LogP contribution < -0.4 is 5.32 Å². The molecule has 0 aliphatic carbocycles. The van der Waals surface area contributed by atoms with Crippen LogP contribution in [0.25, 0.3) is 0 Å². The van der Waals surface area contributed by atoms with Crippen molar-refractivity contribution in [2.45, 2.75) is 20.4 Å². The summed E-state index contributed by atoms with van der Waals surface area (Å²) in [6.45, 7) is 4.54. The second-order valence-electron chi connectivity index (χ2n) is 4.60. The first-order chi connectivity index (χ1) is 8.97. The molecule has 0 bridgehead atoms. The highest BCUT2D eigenvalue weighted by Gasteiger charge is 2.07. The molecule has 100 valence electrons. The van der Waals surface area contributed by atoms with Crippen LogP contribution in [-0.2, 0) is 13.6 Å². The van der Waals surface area contributed by atoms with Crippen molar-refractivity contribution in [3.05, 3.63) is 46.8 Å². The number of aromatic carboxylic acids is 1. The first-order valence-corrected chi connectivity index (χ1v) is 6.04. The summed E-state index contributed by atoms with van der Waals surface area (Å²) in [6.07, 6.45) is 1.98. The van der Waals surface area contributed by atoms with Gasteiger partial charge in [-0.15, -0.1) is 0 Å². The number of hydrogen-bond donors (Lipinski definition) is 2. The Bertz CT molecular complexity index is 617. The van der Waals surface area contributed by atoms with E-state index in [1.54, 1.807) is 22.9 Å². The third-order valence-electron chi connectivity index (χ3n) is 3.06. The number of aryl methyl sites for hydroxylation is 3. The number of nitrogens with one attached hydrogen (secondary N) is 1. The lowest BCUT2D eigenvalue weighted by Crippen LogP contribution is -2.03. The van der Waals surface area contributed by atoms with Gasteiger partial charge in [-0.3, -0.25) is 4.68 Å². The average molecular weight is 259 g/mol. The molecule has 0 spiro atoms. The molecule has 2 aromatic rings. The maximum atomic E-state index is 10.9. The number of carboxylic acid groups (broad SMARTS) is 1. The van der Waals surface area contributed by atoms with Crippen LogP contribution in [0.2, 0.25) is 0 Å². The molecule has 0 aliphatic rings. The Morgan fingerprint density at radius 1 is 1.42 bits per heavy atom. The van der Waals surface area contributed by atoms with Gasteiger partial charge in [0.2, 0.25) is 0 Å². The Morgan fingerprint density at radius 2 is 2.16 bits per heavy atom. The zero-order valence-electron chi connectivity index (χ0n) is 11.3. The minimum Gasteiger partial charge on any atom is -0.478 e. The molecule has 0 fully saturated rings. The van der Waals surface area contributed by atoms with Gasteiger partial charge in [0.05, 0.1) is 11.3 Å². The molecule has 0 saturated carbocycles. The first-order valence-electron chi connectivity index (χ1n) is 6.04. The maximum Gasteiger partial charge on any atom is 0.335 e. The molecular weight excluding hydrogens is 242 g/mol. The van der Waals surface area contributed by atoms with Gasteiger partial charge in [0, 0.05) is 31.0 Å². The summed E-state index contributed by atoms with van der Waals surface area (Å²) in [5.41, 5.74) is 4.29. The van der Waals surface area contributed by atoms with Crippen LogP contribution in [0.5, 0.6) is 0 Å². The lowest BCUT2D eigenvalue weighted by molar-refractivity contribution is 0.0697. The van der Waals surface area contributed by atoms with E-state index in [4.69, 9.17) is 5.11 Å². The third-order valence-corrected chi connectivity index (χ3v) is 3.06. The van der Waals surface area contributed by atoms with Crippen LogP contribution >= 0.6 is 0 Å². The van der Waals surface area contributed by atoms with Gasteiger partial charge in [0.25, 0.3) is 0 Å². The molecule has 2 rings (SSSR count). The number of hydrogen-bond acceptors (Lipinski definition) is 3. The van der Waals surface area contributed by atoms with Crippen molar-refractivity contribution in [1.82, 2.24) is 9.78 Å². The van der Waals surface area contributed by atoms with Crippen LogP contribution in [0.15, 0.2) is 24.4 Å². The molecule has 1 aromatic carbocycles. The maximum absolute atomic E-state index is 10.9. The fourth-order valence-corrected chi connectivity index (χ4v) is 2.01. The summed E-state index contributed by atoms with van der Waals surface area (Å²) >= 11 is 0. The summed E-state index contributed by atoms with van der Waals surface area (Å²) in [5, 5.41) is 16.5. The topological polar surface area (TPSA) is 67.2 Å². The molecule has 0 radical (unpaired) electrons. The highest BCUT2D eigenvalue weighted by molar-refractivity contribution is 5.88. The Hall–Kier alpha value is -2.30. The minimum absolute atomic E-state index is 0.306. The number of anilines is 1. The van der Waals surface area contributed by atoms with Crippen molar-refractivity contribution < 1.29 is 9.90 Å². The average Bonchev–Trinajstić information content (AvgIpc) is 2.66. The van der Waals surface area contributed by atoms with Crippen molar-refractivity contribution in [3.8, 4) is 0 Å². The van der Waals surface area contributed by atoms with Gasteiger partial charge in [-0.05, 0) is 37.6 Å². The van der Waals surface area contributed by atoms with Gasteiger partial charge in [-0.1, -0.05) is 0 Å². The van der Waals surface area contributed by atoms with E-state index in [1.165, 1.54) is 0 Å². The van der Waals surface area contributed by atoms with Gasteiger partial charge in [-0.25, -0.2) is 4.79 Å². The van der Waals surface area contributed by atoms with Crippen molar-refractivity contribution in [3.63, 3.8) is 0 Å². The standard InChI is InChI=1S/C14H17N3O2/c1-9-6-11(14(18)19)4-5-13(9)15-7-12-8-17(3)16-10(12)2/h4-6,8,15H,7H2,1-3H3,(H,18,19). The smallest absolute Gasteiger partial charge is 0.335 e. The largest absolute Gasteiger partial charge is 0.478 e. The number of rotatable bonds is 4. The van der Waals surface area contributed by atoms with Crippen LogP contribution in [0.1, 0.15) is 27.2 Å². The van der Waals surface area contributed by atoms with E-state index < -0.39 is 5.97 Å². The molecule has 5 nitrogen and oxygen atoms in total. The molecule has 0 atom stereocenters. The number of benzene rings is 1. The zero-order valence-corrected chi connectivity index (χ0v) is 11.3. The zero-order chi connectivity index (χ0) is 14.0. The number of carboxylic acids is 1. The molecule has 0 unspecified atom stereocenters. The van der Waals surface area contributed by atoms with Crippen LogP contribution in [-0.4, -0.2) is 20.9 Å². The molecule has 0 aliphatic heterocycles. The summed E-state index contributed by atoms with van der Waals surface area (Å²) in [6, 6.07) is 5.07. The summed E-state index contributed by atoms with van der Waals surface area (Å²) in [5.74, 6) is -0.905. The van der Waals surface area contributed by atoms with Gasteiger partial charge in [0.1, 0.15) is 0 Å². The van der Waals surface area contributed by atoms with E-state index in [1.807, 2.05) is 27.1 Å². The van der Waals surface area contributed by atoms with Gasteiger partial charge in [0.15, 0.2) is 0 Å². The minimum atomic E-state index is -0.905. The van der Waals surface area contributed by atoms with E-state index in [2.05, 4.69) is 10.4 Å². The van der Waals surface area contributed by atoms with E-state index >= 15 is 0 Å². The second kappa shape index (κ2) is 5.14. The fraction of sp³-hybridized carbons (Fsp3) is 0.286. The van der Waals surface area contributed by atoms with Gasteiger partial charge >= 0.3 is 5.97 Å². The molecule has 0 amide bonds. The van der Waals surface area contributed by atoms with Crippen LogP contribution in [0.3, 0.4) is 0 Å². The lowest BCUT2D eigenvalue weighted by Gasteiger charge is -2.09. The van der Waals surface area contributed by atoms with Gasteiger partial charge in [-0.2, -0.15) is 5.10 Å². The first kappa shape index (κ1) is 13.1.